The Morgan fingerprint density at radius 1 is 0.909 bits per heavy atom. The molecule has 3 aromatic carbocycles. The fourth-order valence-corrected chi connectivity index (χ4v) is 3.82. The van der Waals surface area contributed by atoms with E-state index in [0.29, 0.717) is 27.8 Å². The normalized spacial score (nSPS) is 11.2. The van der Waals surface area contributed by atoms with Gasteiger partial charge in [0.1, 0.15) is 17.2 Å². The highest BCUT2D eigenvalue weighted by molar-refractivity contribution is 6.06. The summed E-state index contributed by atoms with van der Waals surface area (Å²) >= 11 is 0. The first-order valence-electron chi connectivity index (χ1n) is 10.2. The van der Waals surface area contributed by atoms with Gasteiger partial charge in [0.15, 0.2) is 0 Å². The number of hydrogen-bond acceptors (Lipinski definition) is 3. The summed E-state index contributed by atoms with van der Waals surface area (Å²) in [4.78, 5) is 26.2. The molecule has 0 aliphatic carbocycles. The van der Waals surface area contributed by atoms with Gasteiger partial charge >= 0.3 is 0 Å². The summed E-state index contributed by atoms with van der Waals surface area (Å²) in [7, 11) is 0. The van der Waals surface area contributed by atoms with Crippen molar-refractivity contribution in [3.8, 4) is 0 Å². The van der Waals surface area contributed by atoms with Crippen LogP contribution in [0.5, 0.6) is 0 Å². The zero-order chi connectivity index (χ0) is 23.1. The molecule has 1 N–H and O–H groups in total. The molecular weight excluding hydrogens is 426 g/mol. The van der Waals surface area contributed by atoms with Crippen LogP contribution in [0.15, 0.2) is 77.7 Å². The van der Waals surface area contributed by atoms with Gasteiger partial charge in [0, 0.05) is 11.3 Å². The Bertz CT molecular complexity index is 1590. The van der Waals surface area contributed by atoms with Gasteiger partial charge in [-0.15, -0.1) is 0 Å². The highest BCUT2D eigenvalue weighted by atomic mass is 19.1. The number of hydrogen-bond donors (Lipinski definition) is 1. The summed E-state index contributed by atoms with van der Waals surface area (Å²) in [6.45, 7) is 1.95. The predicted octanol–water partition coefficient (Wildman–Crippen LogP) is 4.54. The van der Waals surface area contributed by atoms with Crippen LogP contribution in [0.4, 0.5) is 14.5 Å². The second kappa shape index (κ2) is 7.98. The van der Waals surface area contributed by atoms with Crippen LogP contribution < -0.4 is 10.9 Å². The molecule has 0 saturated heterocycles. The Balaban J connectivity index is 1.63. The van der Waals surface area contributed by atoms with Crippen LogP contribution in [-0.4, -0.2) is 20.1 Å². The number of aryl methyl sites for hydroxylation is 1. The number of carbonyl (C=O) groups excluding carboxylic acids is 1. The van der Waals surface area contributed by atoms with Crippen LogP contribution in [0.2, 0.25) is 0 Å². The first-order chi connectivity index (χ1) is 15.9. The van der Waals surface area contributed by atoms with Crippen molar-refractivity contribution < 1.29 is 13.6 Å². The molecule has 0 fully saturated rings. The van der Waals surface area contributed by atoms with Gasteiger partial charge in [0.05, 0.1) is 23.8 Å². The Labute approximate surface area is 186 Å². The minimum absolute atomic E-state index is 0.186. The van der Waals surface area contributed by atoms with Gasteiger partial charge in [-0.1, -0.05) is 18.2 Å². The molecular formula is C25H18F2N4O2. The van der Waals surface area contributed by atoms with Gasteiger partial charge in [0.2, 0.25) is 0 Å². The van der Waals surface area contributed by atoms with E-state index >= 15 is 0 Å². The molecule has 0 spiro atoms. The Kier molecular flexibility index (Phi) is 4.97. The molecule has 1 amide bonds. The standard InChI is InChI=1S/C25H18F2N4O2/c1-15-2-6-19(27)13-20(15)29-24(32)17-5-9-21-23(12-17)30(14-16-3-7-18(26)8-4-16)25(33)22-10-11-28-31(21)22/h2-13H,14H2,1H3,(H,29,32). The van der Waals surface area contributed by atoms with Crippen molar-refractivity contribution in [2.24, 2.45) is 0 Å². The van der Waals surface area contributed by atoms with Crippen molar-refractivity contribution in [3.63, 3.8) is 0 Å². The number of fused-ring (bicyclic) bond motifs is 3. The van der Waals surface area contributed by atoms with E-state index in [9.17, 15) is 18.4 Å². The summed E-state index contributed by atoms with van der Waals surface area (Å²) < 4.78 is 30.0. The van der Waals surface area contributed by atoms with Crippen molar-refractivity contribution >= 4 is 28.1 Å². The lowest BCUT2D eigenvalue weighted by molar-refractivity contribution is 0.102. The molecule has 33 heavy (non-hydrogen) atoms. The maximum Gasteiger partial charge on any atom is 0.277 e. The third-order valence-corrected chi connectivity index (χ3v) is 5.57. The van der Waals surface area contributed by atoms with E-state index in [0.717, 1.165) is 11.1 Å². The minimum atomic E-state index is -0.455. The third-order valence-electron chi connectivity index (χ3n) is 5.57. The molecule has 0 aliphatic heterocycles. The number of aromatic nitrogens is 3. The Hall–Kier alpha value is -4.33. The second-order valence-corrected chi connectivity index (χ2v) is 7.76. The SMILES string of the molecule is Cc1ccc(F)cc1NC(=O)c1ccc2c(c1)n(Cc1ccc(F)cc1)c(=O)c1ccnn12. The van der Waals surface area contributed by atoms with E-state index in [-0.39, 0.29) is 17.9 Å². The van der Waals surface area contributed by atoms with Crippen molar-refractivity contribution in [1.82, 2.24) is 14.2 Å². The van der Waals surface area contributed by atoms with Crippen LogP contribution in [0.25, 0.3) is 16.6 Å². The molecule has 0 radical (unpaired) electrons. The molecule has 0 bridgehead atoms. The van der Waals surface area contributed by atoms with Crippen LogP contribution in [-0.2, 0) is 6.54 Å². The van der Waals surface area contributed by atoms with Gasteiger partial charge in [-0.3, -0.25) is 9.59 Å². The van der Waals surface area contributed by atoms with Crippen LogP contribution >= 0.6 is 0 Å². The number of amides is 1. The summed E-state index contributed by atoms with van der Waals surface area (Å²) in [6, 6.07) is 16.6. The highest BCUT2D eigenvalue weighted by Crippen LogP contribution is 2.21. The van der Waals surface area contributed by atoms with E-state index < -0.39 is 11.7 Å². The second-order valence-electron chi connectivity index (χ2n) is 7.76. The first kappa shape index (κ1) is 20.6. The Morgan fingerprint density at radius 3 is 2.45 bits per heavy atom. The van der Waals surface area contributed by atoms with Gasteiger partial charge in [-0.2, -0.15) is 5.10 Å². The monoisotopic (exact) mass is 444 g/mol. The molecule has 8 heteroatoms. The lowest BCUT2D eigenvalue weighted by atomic mass is 10.1. The summed E-state index contributed by atoms with van der Waals surface area (Å²) in [5.74, 6) is -1.26. The van der Waals surface area contributed by atoms with Gasteiger partial charge < -0.3 is 9.88 Å². The maximum absolute atomic E-state index is 13.6. The average Bonchev–Trinajstić information content (AvgIpc) is 3.30. The van der Waals surface area contributed by atoms with Gasteiger partial charge in [-0.05, 0) is 66.6 Å². The summed E-state index contributed by atoms with van der Waals surface area (Å²) in [5, 5.41) is 6.97. The number of halogens is 2. The largest absolute Gasteiger partial charge is 0.322 e. The lowest BCUT2D eigenvalue weighted by Gasteiger charge is -2.14. The molecule has 0 aliphatic rings. The maximum atomic E-state index is 13.6. The van der Waals surface area contributed by atoms with Gasteiger partial charge in [-0.25, -0.2) is 13.3 Å². The molecule has 0 atom stereocenters. The molecule has 2 aromatic heterocycles. The number of nitrogens with one attached hydrogen (secondary N) is 1. The topological polar surface area (TPSA) is 68.4 Å². The molecule has 5 aromatic rings. The number of nitrogens with zero attached hydrogens (tertiary/aromatic N) is 3. The highest BCUT2D eigenvalue weighted by Gasteiger charge is 2.16. The molecule has 2 heterocycles. The van der Waals surface area contributed by atoms with Crippen molar-refractivity contribution in [2.75, 3.05) is 5.32 Å². The van der Waals surface area contributed by atoms with E-state index in [4.69, 9.17) is 0 Å². The zero-order valence-electron chi connectivity index (χ0n) is 17.5. The Morgan fingerprint density at radius 2 is 1.67 bits per heavy atom. The van der Waals surface area contributed by atoms with E-state index in [1.165, 1.54) is 39.5 Å². The quantitative estimate of drug-likeness (QED) is 0.443. The average molecular weight is 444 g/mol. The van der Waals surface area contributed by atoms with Crippen LogP contribution in [0, 0.1) is 18.6 Å². The number of carbonyl (C=O) groups is 1. The molecule has 0 saturated carbocycles. The summed E-state index contributed by atoms with van der Waals surface area (Å²) in [6.07, 6.45) is 1.53. The van der Waals surface area contributed by atoms with Crippen molar-refractivity contribution in [2.45, 2.75) is 13.5 Å². The molecule has 0 unspecified atom stereocenters. The number of rotatable bonds is 4. The summed E-state index contributed by atoms with van der Waals surface area (Å²) in [5.41, 5.74) is 3.33. The van der Waals surface area contributed by atoms with E-state index in [1.54, 1.807) is 49.4 Å². The number of benzene rings is 3. The zero-order valence-corrected chi connectivity index (χ0v) is 17.5. The first-order valence-corrected chi connectivity index (χ1v) is 10.2. The van der Waals surface area contributed by atoms with Crippen molar-refractivity contribution in [1.29, 1.82) is 0 Å². The van der Waals surface area contributed by atoms with Crippen LogP contribution in [0.1, 0.15) is 21.5 Å². The number of anilines is 1. The molecule has 5 rings (SSSR count). The lowest BCUT2D eigenvalue weighted by Crippen LogP contribution is -2.24. The molecule has 6 nitrogen and oxygen atoms in total. The fourth-order valence-electron chi connectivity index (χ4n) is 3.82. The predicted molar refractivity (Wildman–Crippen MR) is 122 cm³/mol. The molecule has 164 valence electrons. The van der Waals surface area contributed by atoms with Crippen LogP contribution in [0.3, 0.4) is 0 Å². The fraction of sp³-hybridized carbons (Fsp3) is 0.0800. The van der Waals surface area contributed by atoms with E-state index in [2.05, 4.69) is 10.4 Å². The van der Waals surface area contributed by atoms with E-state index in [1.807, 2.05) is 0 Å². The third kappa shape index (κ3) is 3.76. The van der Waals surface area contributed by atoms with Gasteiger partial charge in [0.25, 0.3) is 11.5 Å². The smallest absolute Gasteiger partial charge is 0.277 e. The minimum Gasteiger partial charge on any atom is -0.322 e. The van der Waals surface area contributed by atoms with Crippen molar-refractivity contribution in [3.05, 3.63) is 112 Å².